The Kier molecular flexibility index (Phi) is 4.88. The lowest BCUT2D eigenvalue weighted by atomic mass is 10.1. The summed E-state index contributed by atoms with van der Waals surface area (Å²) < 4.78 is 37.9. The third-order valence-electron chi connectivity index (χ3n) is 3.71. The van der Waals surface area contributed by atoms with Gasteiger partial charge in [0.05, 0.1) is 10.5 Å². The molecule has 0 radical (unpaired) electrons. The number of carbonyl (C=O) groups is 1. The van der Waals surface area contributed by atoms with Crippen molar-refractivity contribution in [3.8, 4) is 0 Å². The third-order valence-corrected chi connectivity index (χ3v) is 3.71. The number of amides is 1. The van der Waals surface area contributed by atoms with Crippen molar-refractivity contribution in [2.75, 3.05) is 6.61 Å². The van der Waals surface area contributed by atoms with Crippen LogP contribution < -0.4 is 5.32 Å². The number of nitro groups is 1. The minimum Gasteiger partial charge on any atom is -0.396 e. The molecule has 1 aliphatic carbocycles. The third kappa shape index (κ3) is 4.19. The van der Waals surface area contributed by atoms with Gasteiger partial charge in [-0.15, -0.1) is 0 Å². The molecule has 1 fully saturated rings. The van der Waals surface area contributed by atoms with Crippen LogP contribution in [-0.2, 0) is 6.18 Å². The van der Waals surface area contributed by atoms with E-state index in [2.05, 4.69) is 5.32 Å². The minimum absolute atomic E-state index is 0.156. The zero-order valence-corrected chi connectivity index (χ0v) is 12.0. The fourth-order valence-electron chi connectivity index (χ4n) is 2.36. The molecule has 1 atom stereocenters. The highest BCUT2D eigenvalue weighted by atomic mass is 19.4. The van der Waals surface area contributed by atoms with Gasteiger partial charge in [0.1, 0.15) is 5.56 Å². The van der Waals surface area contributed by atoms with Crippen LogP contribution in [0.3, 0.4) is 0 Å². The van der Waals surface area contributed by atoms with Crippen LogP contribution in [-0.4, -0.2) is 28.6 Å². The van der Waals surface area contributed by atoms with Crippen LogP contribution in [0.15, 0.2) is 18.2 Å². The summed E-state index contributed by atoms with van der Waals surface area (Å²) in [7, 11) is 0. The first-order chi connectivity index (χ1) is 10.7. The van der Waals surface area contributed by atoms with Gasteiger partial charge in [0.2, 0.25) is 0 Å². The number of aliphatic hydroxyl groups is 1. The van der Waals surface area contributed by atoms with Crippen molar-refractivity contribution < 1.29 is 28.0 Å². The Bertz CT molecular complexity index is 615. The zero-order valence-electron chi connectivity index (χ0n) is 12.0. The van der Waals surface area contributed by atoms with Gasteiger partial charge in [-0.2, -0.15) is 13.2 Å². The maximum Gasteiger partial charge on any atom is 0.416 e. The van der Waals surface area contributed by atoms with Crippen molar-refractivity contribution in [1.29, 1.82) is 0 Å². The van der Waals surface area contributed by atoms with Crippen molar-refractivity contribution in [3.05, 3.63) is 39.4 Å². The van der Waals surface area contributed by atoms with Crippen LogP contribution in [0.25, 0.3) is 0 Å². The van der Waals surface area contributed by atoms with E-state index >= 15 is 0 Å². The molecule has 1 aromatic rings. The molecule has 2 N–H and O–H groups in total. The number of aliphatic hydroxyl groups excluding tert-OH is 1. The summed E-state index contributed by atoms with van der Waals surface area (Å²) in [6.07, 6.45) is -2.68. The number of nitrogens with one attached hydrogen (secondary N) is 1. The Labute approximate surface area is 129 Å². The normalized spacial score (nSPS) is 16.0. The highest BCUT2D eigenvalue weighted by molar-refractivity contribution is 5.98. The summed E-state index contributed by atoms with van der Waals surface area (Å²) in [5.74, 6) is -0.615. The average molecular weight is 332 g/mol. The second kappa shape index (κ2) is 6.53. The molecule has 126 valence electrons. The maximum absolute atomic E-state index is 12.6. The molecule has 0 heterocycles. The van der Waals surface area contributed by atoms with E-state index in [4.69, 9.17) is 5.11 Å². The summed E-state index contributed by atoms with van der Waals surface area (Å²) in [4.78, 5) is 22.1. The summed E-state index contributed by atoms with van der Waals surface area (Å²) >= 11 is 0. The molecule has 1 unspecified atom stereocenters. The second-order valence-electron chi connectivity index (χ2n) is 5.42. The molecule has 23 heavy (non-hydrogen) atoms. The Balaban J connectivity index is 2.26. The molecular formula is C14H15F3N2O4. The van der Waals surface area contributed by atoms with Gasteiger partial charge in [-0.1, -0.05) is 0 Å². The first kappa shape index (κ1) is 17.2. The van der Waals surface area contributed by atoms with E-state index in [9.17, 15) is 28.1 Å². The van der Waals surface area contributed by atoms with E-state index in [1.807, 2.05) is 0 Å². The van der Waals surface area contributed by atoms with Crippen LogP contribution in [0.2, 0.25) is 0 Å². The quantitative estimate of drug-likeness (QED) is 0.618. The van der Waals surface area contributed by atoms with Gasteiger partial charge in [-0.25, -0.2) is 0 Å². The largest absolute Gasteiger partial charge is 0.416 e. The summed E-state index contributed by atoms with van der Waals surface area (Å²) in [6, 6.07) is 1.46. The molecular weight excluding hydrogens is 317 g/mol. The number of benzene rings is 1. The maximum atomic E-state index is 12.6. The Morgan fingerprint density at radius 3 is 2.57 bits per heavy atom. The predicted molar refractivity (Wildman–Crippen MR) is 73.8 cm³/mol. The monoisotopic (exact) mass is 332 g/mol. The van der Waals surface area contributed by atoms with Gasteiger partial charge >= 0.3 is 6.18 Å². The molecule has 9 heteroatoms. The topological polar surface area (TPSA) is 92.5 Å². The van der Waals surface area contributed by atoms with Gasteiger partial charge in [-0.3, -0.25) is 14.9 Å². The van der Waals surface area contributed by atoms with E-state index in [0.29, 0.717) is 18.6 Å². The second-order valence-corrected chi connectivity index (χ2v) is 5.42. The number of nitro benzene ring substituents is 1. The van der Waals surface area contributed by atoms with Crippen molar-refractivity contribution in [3.63, 3.8) is 0 Å². The Morgan fingerprint density at radius 2 is 2.09 bits per heavy atom. The number of halogens is 3. The number of hydrogen-bond donors (Lipinski definition) is 2. The summed E-state index contributed by atoms with van der Waals surface area (Å²) in [5, 5.41) is 22.5. The molecule has 1 saturated carbocycles. The number of nitrogens with zero attached hydrogens (tertiary/aromatic N) is 1. The van der Waals surface area contributed by atoms with Gasteiger partial charge < -0.3 is 10.4 Å². The van der Waals surface area contributed by atoms with Crippen LogP contribution in [0.4, 0.5) is 18.9 Å². The summed E-state index contributed by atoms with van der Waals surface area (Å²) in [6.45, 7) is -0.156. The average Bonchev–Trinajstić information content (AvgIpc) is 3.29. The molecule has 1 aromatic carbocycles. The lowest BCUT2D eigenvalue weighted by Gasteiger charge is -2.17. The molecule has 1 amide bonds. The standard InChI is InChI=1S/C14H15F3N2O4/c15-14(16,17)9-3-4-10(12(7-9)19(22)23)13(21)18-11(5-6-20)8-1-2-8/h3-4,7-8,11,20H,1-2,5-6H2,(H,18,21). The smallest absolute Gasteiger partial charge is 0.396 e. The van der Waals surface area contributed by atoms with E-state index in [1.165, 1.54) is 0 Å². The van der Waals surface area contributed by atoms with Crippen molar-refractivity contribution >= 4 is 11.6 Å². The Hall–Kier alpha value is -2.16. The van der Waals surface area contributed by atoms with Crippen LogP contribution in [0.5, 0.6) is 0 Å². The van der Waals surface area contributed by atoms with E-state index in [-0.39, 0.29) is 18.6 Å². The molecule has 0 aromatic heterocycles. The molecule has 1 aliphatic rings. The molecule has 6 nitrogen and oxygen atoms in total. The fourth-order valence-corrected chi connectivity index (χ4v) is 2.36. The van der Waals surface area contributed by atoms with Gasteiger partial charge in [0.15, 0.2) is 0 Å². The lowest BCUT2D eigenvalue weighted by Crippen LogP contribution is -2.37. The molecule has 0 saturated heterocycles. The van der Waals surface area contributed by atoms with Crippen molar-refractivity contribution in [2.24, 2.45) is 5.92 Å². The van der Waals surface area contributed by atoms with E-state index in [1.54, 1.807) is 0 Å². The Morgan fingerprint density at radius 1 is 1.43 bits per heavy atom. The lowest BCUT2D eigenvalue weighted by molar-refractivity contribution is -0.385. The van der Waals surface area contributed by atoms with Gasteiger partial charge in [0, 0.05) is 18.7 Å². The van der Waals surface area contributed by atoms with E-state index < -0.39 is 33.8 Å². The number of alkyl halides is 3. The SMILES string of the molecule is O=C(NC(CCO)C1CC1)c1ccc(C(F)(F)F)cc1[N+](=O)[O-]. The molecule has 0 spiro atoms. The molecule has 2 rings (SSSR count). The van der Waals surface area contributed by atoms with Gasteiger partial charge in [-0.05, 0) is 37.3 Å². The van der Waals surface area contributed by atoms with Crippen molar-refractivity contribution in [2.45, 2.75) is 31.5 Å². The first-order valence-corrected chi connectivity index (χ1v) is 7.01. The van der Waals surface area contributed by atoms with E-state index in [0.717, 1.165) is 18.9 Å². The minimum atomic E-state index is -4.73. The first-order valence-electron chi connectivity index (χ1n) is 7.01. The highest BCUT2D eigenvalue weighted by Crippen LogP contribution is 2.35. The van der Waals surface area contributed by atoms with Crippen LogP contribution in [0.1, 0.15) is 35.2 Å². The van der Waals surface area contributed by atoms with Gasteiger partial charge in [0.25, 0.3) is 11.6 Å². The van der Waals surface area contributed by atoms with Crippen molar-refractivity contribution in [1.82, 2.24) is 5.32 Å². The zero-order chi connectivity index (χ0) is 17.2. The number of carbonyl (C=O) groups excluding carboxylic acids is 1. The van der Waals surface area contributed by atoms with Crippen LogP contribution >= 0.6 is 0 Å². The number of hydrogen-bond acceptors (Lipinski definition) is 4. The predicted octanol–water partition coefficient (Wildman–Crippen LogP) is 2.50. The molecule has 0 bridgehead atoms. The van der Waals surface area contributed by atoms with Crippen LogP contribution in [0, 0.1) is 16.0 Å². The highest BCUT2D eigenvalue weighted by Gasteiger charge is 2.36. The number of rotatable bonds is 6. The molecule has 0 aliphatic heterocycles. The summed E-state index contributed by atoms with van der Waals surface area (Å²) in [5.41, 5.74) is -2.50. The fraction of sp³-hybridized carbons (Fsp3) is 0.500.